The molecule has 0 amide bonds. The highest BCUT2D eigenvalue weighted by molar-refractivity contribution is 5.35. The first-order chi connectivity index (χ1) is 10.2. The summed E-state index contributed by atoms with van der Waals surface area (Å²) in [5, 5.41) is 3.45. The van der Waals surface area contributed by atoms with Crippen molar-refractivity contribution >= 4 is 0 Å². The summed E-state index contributed by atoms with van der Waals surface area (Å²) in [4.78, 5) is 0. The predicted molar refractivity (Wildman–Crippen MR) is 88.9 cm³/mol. The third kappa shape index (κ3) is 6.96. The summed E-state index contributed by atoms with van der Waals surface area (Å²) < 4.78 is 11.6. The Morgan fingerprint density at radius 2 is 1.95 bits per heavy atom. The van der Waals surface area contributed by atoms with Gasteiger partial charge in [-0.15, -0.1) is 0 Å². The average Bonchev–Trinajstić information content (AvgIpc) is 2.49. The Morgan fingerprint density at radius 3 is 2.62 bits per heavy atom. The molecule has 0 aliphatic carbocycles. The normalized spacial score (nSPS) is 12.6. The number of benzene rings is 1. The highest BCUT2D eigenvalue weighted by Gasteiger charge is 2.16. The quantitative estimate of drug-likeness (QED) is 0.621. The van der Waals surface area contributed by atoms with Gasteiger partial charge in [0.15, 0.2) is 0 Å². The van der Waals surface area contributed by atoms with Crippen LogP contribution in [0.3, 0.4) is 0 Å². The summed E-state index contributed by atoms with van der Waals surface area (Å²) in [6.45, 7) is 9.32. The van der Waals surface area contributed by atoms with Crippen LogP contribution in [0.15, 0.2) is 24.3 Å². The monoisotopic (exact) mass is 293 g/mol. The van der Waals surface area contributed by atoms with Gasteiger partial charge in [-0.25, -0.2) is 0 Å². The van der Waals surface area contributed by atoms with E-state index < -0.39 is 0 Å². The highest BCUT2D eigenvalue weighted by Crippen LogP contribution is 2.27. The second-order valence-corrected chi connectivity index (χ2v) is 5.84. The zero-order valence-corrected chi connectivity index (χ0v) is 14.0. The molecule has 0 aromatic heterocycles. The first kappa shape index (κ1) is 18.0. The van der Waals surface area contributed by atoms with Gasteiger partial charge >= 0.3 is 0 Å². The Hall–Kier alpha value is -1.06. The Bertz CT molecular complexity index is 379. The minimum atomic E-state index is 0.0554. The van der Waals surface area contributed by atoms with Crippen molar-refractivity contribution in [2.24, 2.45) is 5.92 Å². The van der Waals surface area contributed by atoms with Gasteiger partial charge in [0.1, 0.15) is 5.75 Å². The van der Waals surface area contributed by atoms with Crippen LogP contribution < -0.4 is 10.1 Å². The van der Waals surface area contributed by atoms with Gasteiger partial charge in [0.25, 0.3) is 0 Å². The van der Waals surface area contributed by atoms with Crippen LogP contribution in [0, 0.1) is 5.92 Å². The molecule has 0 aliphatic rings. The van der Waals surface area contributed by atoms with E-state index in [4.69, 9.17) is 9.47 Å². The fourth-order valence-corrected chi connectivity index (χ4v) is 2.32. The van der Waals surface area contributed by atoms with Crippen LogP contribution in [-0.4, -0.2) is 26.8 Å². The van der Waals surface area contributed by atoms with Crippen LogP contribution in [0.25, 0.3) is 0 Å². The Morgan fingerprint density at radius 1 is 1.19 bits per heavy atom. The minimum absolute atomic E-state index is 0.0554. The molecule has 1 atom stereocenters. The standard InChI is InChI=1S/C18H31NO2/c1-5-12-19-14-18(21-13-8-9-15(2)3)16-10-6-7-11-17(16)20-4/h6-7,10-11,15,18-19H,5,8-9,12-14H2,1-4H3. The third-order valence-corrected chi connectivity index (χ3v) is 3.49. The van der Waals surface area contributed by atoms with Gasteiger partial charge < -0.3 is 14.8 Å². The summed E-state index contributed by atoms with van der Waals surface area (Å²) in [6.07, 6.45) is 3.50. The molecule has 1 unspecified atom stereocenters. The van der Waals surface area contributed by atoms with Crippen LogP contribution in [0.1, 0.15) is 51.7 Å². The van der Waals surface area contributed by atoms with Crippen molar-refractivity contribution in [3.05, 3.63) is 29.8 Å². The van der Waals surface area contributed by atoms with E-state index in [9.17, 15) is 0 Å². The number of ether oxygens (including phenoxy) is 2. The van der Waals surface area contributed by atoms with E-state index in [1.54, 1.807) is 7.11 Å². The Balaban J connectivity index is 2.62. The minimum Gasteiger partial charge on any atom is -0.496 e. The summed E-state index contributed by atoms with van der Waals surface area (Å²) in [6, 6.07) is 8.14. The van der Waals surface area contributed by atoms with E-state index in [1.807, 2.05) is 18.2 Å². The number of methoxy groups -OCH3 is 1. The molecule has 120 valence electrons. The molecule has 1 N–H and O–H groups in total. The first-order valence-corrected chi connectivity index (χ1v) is 8.14. The van der Waals surface area contributed by atoms with Crippen molar-refractivity contribution in [1.82, 2.24) is 5.32 Å². The SMILES string of the molecule is CCCNCC(OCCCC(C)C)c1ccccc1OC. The second kappa shape index (κ2) is 10.6. The van der Waals surface area contributed by atoms with E-state index in [0.717, 1.165) is 49.8 Å². The lowest BCUT2D eigenvalue weighted by atomic mass is 10.1. The molecule has 0 bridgehead atoms. The number of hydrogen-bond acceptors (Lipinski definition) is 3. The molecule has 3 heteroatoms. The molecule has 0 saturated heterocycles. The van der Waals surface area contributed by atoms with Gasteiger partial charge in [-0.3, -0.25) is 0 Å². The van der Waals surface area contributed by atoms with Crippen LogP contribution in [0.4, 0.5) is 0 Å². The molecular formula is C18H31NO2. The van der Waals surface area contributed by atoms with Crippen LogP contribution >= 0.6 is 0 Å². The van der Waals surface area contributed by atoms with Crippen molar-refractivity contribution < 1.29 is 9.47 Å². The molecule has 0 heterocycles. The lowest BCUT2D eigenvalue weighted by Gasteiger charge is -2.21. The van der Waals surface area contributed by atoms with Gasteiger partial charge in [0.2, 0.25) is 0 Å². The number of para-hydroxylation sites is 1. The summed E-state index contributed by atoms with van der Waals surface area (Å²) in [5.41, 5.74) is 1.13. The molecule has 1 aromatic rings. The van der Waals surface area contributed by atoms with Crippen LogP contribution in [0.2, 0.25) is 0 Å². The maximum absolute atomic E-state index is 6.13. The van der Waals surface area contributed by atoms with E-state index in [0.29, 0.717) is 0 Å². The van der Waals surface area contributed by atoms with Crippen LogP contribution in [-0.2, 0) is 4.74 Å². The molecule has 0 radical (unpaired) electrons. The molecule has 0 fully saturated rings. The lowest BCUT2D eigenvalue weighted by molar-refractivity contribution is 0.0472. The van der Waals surface area contributed by atoms with Gasteiger partial charge in [-0.1, -0.05) is 39.0 Å². The summed E-state index contributed by atoms with van der Waals surface area (Å²) in [7, 11) is 1.72. The number of hydrogen-bond donors (Lipinski definition) is 1. The number of rotatable bonds is 11. The van der Waals surface area contributed by atoms with Crippen molar-refractivity contribution in [1.29, 1.82) is 0 Å². The van der Waals surface area contributed by atoms with Crippen molar-refractivity contribution in [3.63, 3.8) is 0 Å². The Kier molecular flexibility index (Phi) is 9.11. The van der Waals surface area contributed by atoms with Crippen molar-refractivity contribution in [2.45, 2.75) is 46.1 Å². The van der Waals surface area contributed by atoms with Crippen LogP contribution in [0.5, 0.6) is 5.75 Å². The van der Waals surface area contributed by atoms with Crippen molar-refractivity contribution in [3.8, 4) is 5.75 Å². The first-order valence-electron chi connectivity index (χ1n) is 8.14. The lowest BCUT2D eigenvalue weighted by Crippen LogP contribution is -2.24. The summed E-state index contributed by atoms with van der Waals surface area (Å²) >= 11 is 0. The summed E-state index contributed by atoms with van der Waals surface area (Å²) in [5.74, 6) is 1.64. The van der Waals surface area contributed by atoms with Gasteiger partial charge in [-0.05, 0) is 37.8 Å². The fourth-order valence-electron chi connectivity index (χ4n) is 2.32. The zero-order chi connectivity index (χ0) is 15.5. The maximum atomic E-state index is 6.13. The van der Waals surface area contributed by atoms with E-state index in [-0.39, 0.29) is 6.10 Å². The van der Waals surface area contributed by atoms with Gasteiger partial charge in [0, 0.05) is 18.7 Å². The largest absolute Gasteiger partial charge is 0.496 e. The van der Waals surface area contributed by atoms with E-state index >= 15 is 0 Å². The molecule has 1 rings (SSSR count). The third-order valence-electron chi connectivity index (χ3n) is 3.49. The fraction of sp³-hybridized carbons (Fsp3) is 0.667. The molecule has 0 aliphatic heterocycles. The van der Waals surface area contributed by atoms with Gasteiger partial charge in [0.05, 0.1) is 13.2 Å². The van der Waals surface area contributed by atoms with E-state index in [2.05, 4.69) is 32.2 Å². The molecule has 21 heavy (non-hydrogen) atoms. The second-order valence-electron chi connectivity index (χ2n) is 5.84. The average molecular weight is 293 g/mol. The molecule has 0 spiro atoms. The number of nitrogens with one attached hydrogen (secondary N) is 1. The molecule has 0 saturated carbocycles. The zero-order valence-electron chi connectivity index (χ0n) is 14.0. The predicted octanol–water partition coefficient (Wildman–Crippen LogP) is 4.19. The molecule has 1 aromatic carbocycles. The van der Waals surface area contributed by atoms with Crippen molar-refractivity contribution in [2.75, 3.05) is 26.8 Å². The van der Waals surface area contributed by atoms with Gasteiger partial charge in [-0.2, -0.15) is 0 Å². The molecule has 3 nitrogen and oxygen atoms in total. The highest BCUT2D eigenvalue weighted by atomic mass is 16.5. The van der Waals surface area contributed by atoms with E-state index in [1.165, 1.54) is 6.42 Å². The topological polar surface area (TPSA) is 30.5 Å². The maximum Gasteiger partial charge on any atom is 0.124 e. The smallest absolute Gasteiger partial charge is 0.124 e. The Labute approximate surface area is 130 Å². The molecular weight excluding hydrogens is 262 g/mol.